The summed E-state index contributed by atoms with van der Waals surface area (Å²) < 4.78 is 22.3. The fraction of sp³-hybridized carbons (Fsp3) is 0.143. The average molecular weight is 325 g/mol. The third kappa shape index (κ3) is 4.03. The van der Waals surface area contributed by atoms with E-state index in [0.29, 0.717) is 5.69 Å². The maximum absolute atomic E-state index is 12.0. The predicted molar refractivity (Wildman–Crippen MR) is 79.6 cm³/mol. The molecule has 0 aliphatic heterocycles. The van der Waals surface area contributed by atoms with Crippen LogP contribution in [-0.4, -0.2) is 19.3 Å². The van der Waals surface area contributed by atoms with Crippen molar-refractivity contribution in [1.82, 2.24) is 10.3 Å². The molecule has 0 bridgehead atoms. The molecule has 110 valence electrons. The van der Waals surface area contributed by atoms with Gasteiger partial charge in [-0.3, -0.25) is 9.78 Å². The minimum Gasteiger partial charge on any atom is -0.344 e. The van der Waals surface area contributed by atoms with E-state index in [9.17, 15) is 13.2 Å². The normalized spacial score (nSPS) is 12.7. The Morgan fingerprint density at radius 3 is 2.38 bits per heavy atom. The number of amides is 1. The monoisotopic (exact) mass is 324 g/mol. The zero-order valence-electron chi connectivity index (χ0n) is 11.2. The molecular formula is C14H13ClN2O3S. The van der Waals surface area contributed by atoms with Crippen LogP contribution in [-0.2, 0) is 9.05 Å². The Balaban J connectivity index is 2.10. The summed E-state index contributed by atoms with van der Waals surface area (Å²) in [7, 11) is 1.51. The van der Waals surface area contributed by atoms with Crippen molar-refractivity contribution in [3.05, 3.63) is 59.9 Å². The van der Waals surface area contributed by atoms with Crippen molar-refractivity contribution in [2.45, 2.75) is 17.9 Å². The summed E-state index contributed by atoms with van der Waals surface area (Å²) in [5, 5.41) is 2.79. The van der Waals surface area contributed by atoms with Gasteiger partial charge in [-0.1, -0.05) is 18.2 Å². The van der Waals surface area contributed by atoms with Crippen molar-refractivity contribution in [3.63, 3.8) is 0 Å². The third-order valence-electron chi connectivity index (χ3n) is 2.91. The number of carbonyl (C=O) groups excluding carboxylic acids is 1. The minimum absolute atomic E-state index is 0.0242. The van der Waals surface area contributed by atoms with Gasteiger partial charge in [0, 0.05) is 16.9 Å². The lowest BCUT2D eigenvalue weighted by Crippen LogP contribution is -2.27. The van der Waals surface area contributed by atoms with Gasteiger partial charge >= 0.3 is 0 Å². The van der Waals surface area contributed by atoms with Gasteiger partial charge in [-0.15, -0.1) is 0 Å². The fourth-order valence-corrected chi connectivity index (χ4v) is 2.54. The molecule has 21 heavy (non-hydrogen) atoms. The highest BCUT2D eigenvalue weighted by Crippen LogP contribution is 2.19. The summed E-state index contributed by atoms with van der Waals surface area (Å²) in [5.74, 6) is -0.294. The van der Waals surface area contributed by atoms with E-state index in [1.807, 2.05) is 0 Å². The Hall–Kier alpha value is -1.92. The second-order valence-corrected chi connectivity index (χ2v) is 6.98. The lowest BCUT2D eigenvalue weighted by Gasteiger charge is -2.14. The summed E-state index contributed by atoms with van der Waals surface area (Å²) in [5.41, 5.74) is 1.09. The molecular weight excluding hydrogens is 312 g/mol. The van der Waals surface area contributed by atoms with Gasteiger partial charge in [0.2, 0.25) is 0 Å². The summed E-state index contributed by atoms with van der Waals surface area (Å²) in [6.07, 6.45) is 1.54. The number of pyridine rings is 1. The number of carbonyl (C=O) groups is 1. The molecule has 1 aromatic carbocycles. The van der Waals surface area contributed by atoms with Crippen LogP contribution in [0.3, 0.4) is 0 Å². The van der Waals surface area contributed by atoms with Crippen molar-refractivity contribution >= 4 is 25.6 Å². The Bertz CT molecular complexity index is 731. The number of aromatic nitrogens is 1. The van der Waals surface area contributed by atoms with E-state index in [1.165, 1.54) is 12.1 Å². The van der Waals surface area contributed by atoms with Crippen molar-refractivity contribution < 1.29 is 13.2 Å². The number of hydrogen-bond acceptors (Lipinski definition) is 4. The molecule has 0 fully saturated rings. The van der Waals surface area contributed by atoms with Gasteiger partial charge in [0.15, 0.2) is 0 Å². The van der Waals surface area contributed by atoms with Crippen LogP contribution in [0.15, 0.2) is 53.6 Å². The summed E-state index contributed by atoms with van der Waals surface area (Å²) in [6, 6.07) is 10.8. The second-order valence-electron chi connectivity index (χ2n) is 4.42. The zero-order chi connectivity index (χ0) is 15.5. The number of nitrogens with zero attached hydrogens (tertiary/aromatic N) is 1. The number of rotatable bonds is 4. The van der Waals surface area contributed by atoms with E-state index in [4.69, 9.17) is 10.7 Å². The smallest absolute Gasteiger partial charge is 0.270 e. The van der Waals surface area contributed by atoms with Crippen molar-refractivity contribution in [2.75, 3.05) is 0 Å². The Labute approximate surface area is 127 Å². The zero-order valence-corrected chi connectivity index (χ0v) is 12.7. The van der Waals surface area contributed by atoms with Crippen LogP contribution in [0.1, 0.15) is 29.0 Å². The molecule has 0 spiro atoms. The van der Waals surface area contributed by atoms with Gasteiger partial charge in [-0.05, 0) is 36.8 Å². The van der Waals surface area contributed by atoms with Crippen LogP contribution in [0.5, 0.6) is 0 Å². The highest BCUT2D eigenvalue weighted by Gasteiger charge is 2.14. The molecule has 5 nitrogen and oxygen atoms in total. The summed E-state index contributed by atoms with van der Waals surface area (Å²) in [4.78, 5) is 16.0. The van der Waals surface area contributed by atoms with E-state index in [1.54, 1.807) is 43.5 Å². The molecule has 1 atom stereocenters. The molecule has 0 radical (unpaired) electrons. The molecule has 0 saturated carbocycles. The quantitative estimate of drug-likeness (QED) is 0.877. The second kappa shape index (κ2) is 6.24. The van der Waals surface area contributed by atoms with Crippen LogP contribution in [0.4, 0.5) is 0 Å². The predicted octanol–water partition coefficient (Wildman–Crippen LogP) is 2.50. The molecule has 1 amide bonds. The lowest BCUT2D eigenvalue weighted by atomic mass is 10.1. The number of benzene rings is 1. The Kier molecular flexibility index (Phi) is 4.59. The van der Waals surface area contributed by atoms with Gasteiger partial charge in [0.25, 0.3) is 15.0 Å². The number of halogens is 1. The van der Waals surface area contributed by atoms with Gasteiger partial charge in [0.05, 0.1) is 10.9 Å². The number of hydrogen-bond donors (Lipinski definition) is 1. The SMILES string of the molecule is CC(NC(=O)c1ccccn1)c1ccc(S(=O)(=O)Cl)cc1. The van der Waals surface area contributed by atoms with E-state index in [-0.39, 0.29) is 16.8 Å². The van der Waals surface area contributed by atoms with Gasteiger partial charge < -0.3 is 5.32 Å². The van der Waals surface area contributed by atoms with Crippen LogP contribution in [0, 0.1) is 0 Å². The minimum atomic E-state index is -3.74. The molecule has 0 aliphatic rings. The van der Waals surface area contributed by atoms with E-state index in [0.717, 1.165) is 5.56 Å². The first-order chi connectivity index (χ1) is 9.88. The van der Waals surface area contributed by atoms with E-state index < -0.39 is 9.05 Å². The van der Waals surface area contributed by atoms with Crippen molar-refractivity contribution in [1.29, 1.82) is 0 Å². The molecule has 0 saturated heterocycles. The van der Waals surface area contributed by atoms with Gasteiger partial charge in [-0.25, -0.2) is 8.42 Å². The lowest BCUT2D eigenvalue weighted by molar-refractivity contribution is 0.0935. The topological polar surface area (TPSA) is 76.1 Å². The van der Waals surface area contributed by atoms with Crippen molar-refractivity contribution in [2.24, 2.45) is 0 Å². The maximum Gasteiger partial charge on any atom is 0.270 e. The molecule has 7 heteroatoms. The summed E-state index contributed by atoms with van der Waals surface area (Å²) >= 11 is 0. The highest BCUT2D eigenvalue weighted by atomic mass is 35.7. The van der Waals surface area contributed by atoms with E-state index >= 15 is 0 Å². The van der Waals surface area contributed by atoms with E-state index in [2.05, 4.69) is 10.3 Å². The maximum atomic E-state index is 12.0. The van der Waals surface area contributed by atoms with Crippen LogP contribution in [0.25, 0.3) is 0 Å². The van der Waals surface area contributed by atoms with Crippen LogP contribution < -0.4 is 5.32 Å². The number of nitrogens with one attached hydrogen (secondary N) is 1. The molecule has 1 unspecified atom stereocenters. The largest absolute Gasteiger partial charge is 0.344 e. The average Bonchev–Trinajstić information content (AvgIpc) is 2.47. The Morgan fingerprint density at radius 1 is 1.19 bits per heavy atom. The molecule has 0 aliphatic carbocycles. The summed E-state index contributed by atoms with van der Waals surface area (Å²) in [6.45, 7) is 1.80. The molecule has 1 N–H and O–H groups in total. The molecule has 1 heterocycles. The Morgan fingerprint density at radius 2 is 1.86 bits per heavy atom. The standard InChI is InChI=1S/C14H13ClN2O3S/c1-10(17-14(18)13-4-2-3-9-16-13)11-5-7-12(8-6-11)21(15,19)20/h2-10H,1H3,(H,17,18). The van der Waals surface area contributed by atoms with Crippen LogP contribution >= 0.6 is 10.7 Å². The molecule has 1 aromatic heterocycles. The highest BCUT2D eigenvalue weighted by molar-refractivity contribution is 8.13. The van der Waals surface area contributed by atoms with Crippen molar-refractivity contribution in [3.8, 4) is 0 Å². The first kappa shape index (κ1) is 15.5. The first-order valence-electron chi connectivity index (χ1n) is 6.14. The van der Waals surface area contributed by atoms with Gasteiger partial charge in [0.1, 0.15) is 5.69 Å². The van der Waals surface area contributed by atoms with Gasteiger partial charge in [-0.2, -0.15) is 0 Å². The first-order valence-corrected chi connectivity index (χ1v) is 8.45. The van der Waals surface area contributed by atoms with Crippen LogP contribution in [0.2, 0.25) is 0 Å². The molecule has 2 aromatic rings. The third-order valence-corrected chi connectivity index (χ3v) is 4.28. The molecule has 2 rings (SSSR count). The fourth-order valence-electron chi connectivity index (χ4n) is 1.77.